The van der Waals surface area contributed by atoms with Crippen LogP contribution in [0.15, 0.2) is 17.5 Å². The SMILES string of the molecule is O=C(NCc1cccs1)[C@@H]1[C@H](C(=O)O)[C@@H]2CC[C@H]1O2. The molecule has 2 N–H and O–H groups in total. The molecule has 0 aromatic carbocycles. The normalized spacial score (nSPS) is 32.4. The van der Waals surface area contributed by atoms with Gasteiger partial charge in [0.25, 0.3) is 0 Å². The first kappa shape index (κ1) is 12.6. The fourth-order valence-electron chi connectivity index (χ4n) is 3.03. The summed E-state index contributed by atoms with van der Waals surface area (Å²) in [7, 11) is 0. The van der Waals surface area contributed by atoms with Crippen molar-refractivity contribution in [2.75, 3.05) is 0 Å². The van der Waals surface area contributed by atoms with Crippen LogP contribution in [0.1, 0.15) is 17.7 Å². The van der Waals surface area contributed by atoms with E-state index in [-0.39, 0.29) is 18.1 Å². The van der Waals surface area contributed by atoms with Gasteiger partial charge in [-0.15, -0.1) is 11.3 Å². The third-order valence-corrected chi connectivity index (χ3v) is 4.75. The molecule has 4 atom stereocenters. The molecule has 1 aromatic rings. The first-order valence-electron chi connectivity index (χ1n) is 6.35. The van der Waals surface area contributed by atoms with Gasteiger partial charge in [0.2, 0.25) is 5.91 Å². The van der Waals surface area contributed by atoms with E-state index in [0.717, 1.165) is 17.7 Å². The highest BCUT2D eigenvalue weighted by Crippen LogP contribution is 2.43. The van der Waals surface area contributed by atoms with Crippen LogP contribution in [0.3, 0.4) is 0 Å². The van der Waals surface area contributed by atoms with E-state index < -0.39 is 17.8 Å². The predicted octanol–water partition coefficient (Wildman–Crippen LogP) is 1.24. The van der Waals surface area contributed by atoms with Gasteiger partial charge >= 0.3 is 5.97 Å². The van der Waals surface area contributed by atoms with Crippen molar-refractivity contribution in [3.63, 3.8) is 0 Å². The van der Waals surface area contributed by atoms with Crippen LogP contribution < -0.4 is 5.32 Å². The van der Waals surface area contributed by atoms with Crippen LogP contribution in [0, 0.1) is 11.8 Å². The number of amides is 1. The van der Waals surface area contributed by atoms with E-state index in [1.807, 2.05) is 17.5 Å². The molecule has 1 amide bonds. The lowest BCUT2D eigenvalue weighted by Crippen LogP contribution is -2.43. The number of thiophene rings is 1. The molecule has 0 spiro atoms. The van der Waals surface area contributed by atoms with Gasteiger partial charge in [-0.25, -0.2) is 0 Å². The maximum Gasteiger partial charge on any atom is 0.310 e. The van der Waals surface area contributed by atoms with Crippen molar-refractivity contribution in [2.45, 2.75) is 31.6 Å². The van der Waals surface area contributed by atoms with E-state index in [0.29, 0.717) is 6.54 Å². The standard InChI is InChI=1S/C13H15NO4S/c15-12(14-6-7-2-1-5-19-7)10-8-3-4-9(18-8)11(10)13(16)17/h1-2,5,8-11H,3-4,6H2,(H,14,15)(H,16,17)/t8-,9+,10+,11-/m1/s1. The zero-order chi connectivity index (χ0) is 13.4. The molecule has 0 radical (unpaired) electrons. The molecule has 6 heteroatoms. The monoisotopic (exact) mass is 281 g/mol. The summed E-state index contributed by atoms with van der Waals surface area (Å²) < 4.78 is 5.58. The molecule has 0 aliphatic carbocycles. The summed E-state index contributed by atoms with van der Waals surface area (Å²) in [5.74, 6) is -2.37. The number of hydrogen-bond donors (Lipinski definition) is 2. The molecule has 0 saturated carbocycles. The molecule has 2 aliphatic rings. The maximum atomic E-state index is 12.2. The van der Waals surface area contributed by atoms with Gasteiger partial charge in [0.05, 0.1) is 30.6 Å². The Morgan fingerprint density at radius 3 is 2.74 bits per heavy atom. The van der Waals surface area contributed by atoms with Gasteiger partial charge < -0.3 is 15.2 Å². The summed E-state index contributed by atoms with van der Waals surface area (Å²) in [5.41, 5.74) is 0. The second-order valence-electron chi connectivity index (χ2n) is 4.98. The highest BCUT2D eigenvalue weighted by atomic mass is 32.1. The van der Waals surface area contributed by atoms with E-state index >= 15 is 0 Å². The Morgan fingerprint density at radius 2 is 2.11 bits per heavy atom. The number of carbonyl (C=O) groups excluding carboxylic acids is 1. The zero-order valence-corrected chi connectivity index (χ0v) is 11.1. The summed E-state index contributed by atoms with van der Waals surface area (Å²) in [5, 5.41) is 14.0. The lowest BCUT2D eigenvalue weighted by Gasteiger charge is -2.23. The van der Waals surface area contributed by atoms with E-state index in [2.05, 4.69) is 5.32 Å². The number of carbonyl (C=O) groups is 2. The maximum absolute atomic E-state index is 12.2. The molecule has 5 nitrogen and oxygen atoms in total. The van der Waals surface area contributed by atoms with Crippen molar-refractivity contribution in [3.05, 3.63) is 22.4 Å². The second-order valence-corrected chi connectivity index (χ2v) is 6.01. The van der Waals surface area contributed by atoms with Crippen LogP contribution >= 0.6 is 11.3 Å². The fourth-order valence-corrected chi connectivity index (χ4v) is 3.67. The van der Waals surface area contributed by atoms with Gasteiger partial charge in [-0.3, -0.25) is 9.59 Å². The zero-order valence-electron chi connectivity index (χ0n) is 10.2. The topological polar surface area (TPSA) is 75.6 Å². The molecule has 2 saturated heterocycles. The quantitative estimate of drug-likeness (QED) is 0.870. The second kappa shape index (κ2) is 4.94. The first-order chi connectivity index (χ1) is 9.16. The largest absolute Gasteiger partial charge is 0.481 e. The minimum atomic E-state index is -0.927. The Hall–Kier alpha value is -1.40. The van der Waals surface area contributed by atoms with Crippen molar-refractivity contribution in [1.29, 1.82) is 0 Å². The van der Waals surface area contributed by atoms with Gasteiger partial charge in [-0.05, 0) is 24.3 Å². The van der Waals surface area contributed by atoms with Crippen LogP contribution in [0.4, 0.5) is 0 Å². The van der Waals surface area contributed by atoms with Crippen LogP contribution in [0.5, 0.6) is 0 Å². The number of nitrogens with one attached hydrogen (secondary N) is 1. The van der Waals surface area contributed by atoms with Crippen molar-refractivity contribution >= 4 is 23.2 Å². The smallest absolute Gasteiger partial charge is 0.310 e. The molecule has 19 heavy (non-hydrogen) atoms. The summed E-state index contributed by atoms with van der Waals surface area (Å²) in [6.07, 6.45) is 1.01. The van der Waals surface area contributed by atoms with E-state index in [9.17, 15) is 14.7 Å². The number of ether oxygens (including phenoxy) is 1. The number of fused-ring (bicyclic) bond motifs is 2. The van der Waals surface area contributed by atoms with E-state index in [1.165, 1.54) is 0 Å². The highest BCUT2D eigenvalue weighted by molar-refractivity contribution is 7.09. The number of carboxylic acids is 1. The van der Waals surface area contributed by atoms with Gasteiger partial charge in [0.1, 0.15) is 0 Å². The molecule has 3 heterocycles. The molecule has 0 unspecified atom stereocenters. The highest BCUT2D eigenvalue weighted by Gasteiger charge is 2.55. The van der Waals surface area contributed by atoms with Crippen molar-refractivity contribution in [3.8, 4) is 0 Å². The van der Waals surface area contributed by atoms with Crippen LogP contribution in [0.2, 0.25) is 0 Å². The molecular weight excluding hydrogens is 266 g/mol. The summed E-state index contributed by atoms with van der Waals surface area (Å²) in [6.45, 7) is 0.455. The Kier molecular flexibility index (Phi) is 3.28. The fraction of sp³-hybridized carbons (Fsp3) is 0.538. The molecule has 1 aromatic heterocycles. The lowest BCUT2D eigenvalue weighted by molar-refractivity contribution is -0.147. The van der Waals surface area contributed by atoms with E-state index in [4.69, 9.17) is 4.74 Å². The van der Waals surface area contributed by atoms with Crippen LogP contribution in [0.25, 0.3) is 0 Å². The number of aliphatic carboxylic acids is 1. The van der Waals surface area contributed by atoms with E-state index in [1.54, 1.807) is 11.3 Å². The van der Waals surface area contributed by atoms with Gasteiger partial charge in [0.15, 0.2) is 0 Å². The van der Waals surface area contributed by atoms with Gasteiger partial charge in [0, 0.05) is 4.88 Å². The Bertz CT molecular complexity index is 487. The van der Waals surface area contributed by atoms with Crippen molar-refractivity contribution in [2.24, 2.45) is 11.8 Å². The van der Waals surface area contributed by atoms with Crippen LogP contribution in [-0.4, -0.2) is 29.2 Å². The molecule has 2 aliphatic heterocycles. The minimum absolute atomic E-state index is 0.201. The predicted molar refractivity (Wildman–Crippen MR) is 68.7 cm³/mol. The summed E-state index contributed by atoms with van der Waals surface area (Å²) in [6, 6.07) is 3.86. The molecule has 2 fully saturated rings. The first-order valence-corrected chi connectivity index (χ1v) is 7.23. The number of carboxylic acid groups (broad SMARTS) is 1. The average molecular weight is 281 g/mol. The molecule has 2 bridgehead atoms. The average Bonchev–Trinajstić information content (AvgIpc) is 3.10. The minimum Gasteiger partial charge on any atom is -0.481 e. The van der Waals surface area contributed by atoms with Crippen LogP contribution in [-0.2, 0) is 20.9 Å². The third-order valence-electron chi connectivity index (χ3n) is 3.88. The third kappa shape index (κ3) is 2.26. The Morgan fingerprint density at radius 1 is 1.37 bits per heavy atom. The molecule has 102 valence electrons. The van der Waals surface area contributed by atoms with Crippen molar-refractivity contribution in [1.82, 2.24) is 5.32 Å². The summed E-state index contributed by atoms with van der Waals surface area (Å²) in [4.78, 5) is 24.5. The lowest BCUT2D eigenvalue weighted by atomic mass is 9.79. The summed E-state index contributed by atoms with van der Waals surface area (Å²) >= 11 is 1.57. The van der Waals surface area contributed by atoms with Gasteiger partial charge in [-0.2, -0.15) is 0 Å². The molecule has 3 rings (SSSR count). The van der Waals surface area contributed by atoms with Gasteiger partial charge in [-0.1, -0.05) is 6.07 Å². The number of hydrogen-bond acceptors (Lipinski definition) is 4. The van der Waals surface area contributed by atoms with Crippen molar-refractivity contribution < 1.29 is 19.4 Å². The Balaban J connectivity index is 1.66. The Labute approximate surface area is 114 Å². The number of rotatable bonds is 4. The molecular formula is C13H15NO4S.